The van der Waals surface area contributed by atoms with Crippen LogP contribution in [-0.2, 0) is 6.42 Å². The molecule has 0 atom stereocenters. The van der Waals surface area contributed by atoms with Crippen molar-refractivity contribution in [2.45, 2.75) is 43.8 Å². The summed E-state index contributed by atoms with van der Waals surface area (Å²) >= 11 is 1.83. The van der Waals surface area contributed by atoms with Crippen molar-refractivity contribution < 1.29 is 4.79 Å². The van der Waals surface area contributed by atoms with Crippen molar-refractivity contribution in [1.29, 1.82) is 0 Å². The average Bonchev–Trinajstić information content (AvgIpc) is 2.49. The molecular formula is C20H26N2OS. The summed E-state index contributed by atoms with van der Waals surface area (Å²) in [5.74, 6) is 0. The maximum Gasteiger partial charge on any atom is 0.319 e. The van der Waals surface area contributed by atoms with E-state index >= 15 is 0 Å². The van der Waals surface area contributed by atoms with Gasteiger partial charge in [-0.2, -0.15) is 0 Å². The van der Waals surface area contributed by atoms with Crippen LogP contribution in [0.1, 0.15) is 31.9 Å². The fourth-order valence-corrected chi connectivity index (χ4v) is 3.40. The minimum Gasteiger partial charge on any atom is -0.338 e. The van der Waals surface area contributed by atoms with Crippen LogP contribution in [0.4, 0.5) is 10.5 Å². The van der Waals surface area contributed by atoms with Crippen molar-refractivity contribution in [3.8, 4) is 0 Å². The molecule has 2 aromatic rings. The number of rotatable bonds is 5. The molecule has 0 heterocycles. The molecule has 24 heavy (non-hydrogen) atoms. The van der Waals surface area contributed by atoms with Crippen molar-refractivity contribution in [3.63, 3.8) is 0 Å². The summed E-state index contributed by atoms with van der Waals surface area (Å²) in [6, 6.07) is 16.1. The number of benzene rings is 2. The topological polar surface area (TPSA) is 41.1 Å². The Balaban J connectivity index is 1.85. The molecule has 2 rings (SSSR count). The molecule has 0 unspecified atom stereocenters. The van der Waals surface area contributed by atoms with Gasteiger partial charge in [0.15, 0.2) is 0 Å². The van der Waals surface area contributed by atoms with Gasteiger partial charge in [-0.15, -0.1) is 11.8 Å². The highest BCUT2D eigenvalue weighted by molar-refractivity contribution is 8.00. The number of hydrogen-bond donors (Lipinski definition) is 2. The quantitative estimate of drug-likeness (QED) is 0.729. The van der Waals surface area contributed by atoms with Crippen LogP contribution in [-0.4, -0.2) is 17.3 Å². The summed E-state index contributed by atoms with van der Waals surface area (Å²) in [6.07, 6.45) is 0.828. The van der Waals surface area contributed by atoms with Gasteiger partial charge in [0.05, 0.1) is 0 Å². The lowest BCUT2D eigenvalue weighted by atomic mass is 10.1. The zero-order chi connectivity index (χ0) is 17.6. The van der Waals surface area contributed by atoms with Gasteiger partial charge in [0.1, 0.15) is 0 Å². The first-order valence-electron chi connectivity index (χ1n) is 8.22. The molecule has 2 aromatic carbocycles. The monoisotopic (exact) mass is 342 g/mol. The average molecular weight is 343 g/mol. The molecule has 2 amide bonds. The molecule has 128 valence electrons. The number of thioether (sulfide) groups is 1. The van der Waals surface area contributed by atoms with Gasteiger partial charge in [0, 0.05) is 21.9 Å². The molecule has 4 heteroatoms. The van der Waals surface area contributed by atoms with Gasteiger partial charge >= 0.3 is 6.03 Å². The van der Waals surface area contributed by atoms with Gasteiger partial charge in [-0.1, -0.05) is 51.1 Å². The molecule has 0 saturated heterocycles. The van der Waals surface area contributed by atoms with Crippen LogP contribution in [0.15, 0.2) is 53.4 Å². The number of aryl methyl sites for hydroxylation is 1. The predicted molar refractivity (Wildman–Crippen MR) is 104 cm³/mol. The van der Waals surface area contributed by atoms with Gasteiger partial charge in [-0.05, 0) is 42.7 Å². The summed E-state index contributed by atoms with van der Waals surface area (Å²) in [6.45, 7) is 9.22. The summed E-state index contributed by atoms with van der Waals surface area (Å²) in [5.41, 5.74) is 3.14. The molecule has 0 aromatic heterocycles. The van der Waals surface area contributed by atoms with Gasteiger partial charge in [-0.3, -0.25) is 0 Å². The van der Waals surface area contributed by atoms with Crippen LogP contribution in [0.25, 0.3) is 0 Å². The highest BCUT2D eigenvalue weighted by atomic mass is 32.2. The first kappa shape index (κ1) is 18.4. The summed E-state index contributed by atoms with van der Waals surface area (Å²) < 4.78 is 0.177. The number of urea groups is 1. The molecule has 0 saturated carbocycles. The second kappa shape index (κ2) is 8.25. The van der Waals surface area contributed by atoms with Crippen LogP contribution in [0.5, 0.6) is 0 Å². The minimum absolute atomic E-state index is 0.162. The Hall–Kier alpha value is -1.94. The number of nitrogens with one attached hydrogen (secondary N) is 2. The lowest BCUT2D eigenvalue weighted by Crippen LogP contribution is -2.30. The molecule has 0 bridgehead atoms. The Kier molecular flexibility index (Phi) is 6.32. The molecule has 0 spiro atoms. The van der Waals surface area contributed by atoms with E-state index in [0.717, 1.165) is 17.7 Å². The third kappa shape index (κ3) is 6.28. The largest absolute Gasteiger partial charge is 0.338 e. The Morgan fingerprint density at radius 3 is 2.42 bits per heavy atom. The molecule has 0 aliphatic carbocycles. The Morgan fingerprint density at radius 2 is 1.79 bits per heavy atom. The van der Waals surface area contributed by atoms with E-state index in [0.29, 0.717) is 6.54 Å². The molecule has 3 nitrogen and oxygen atoms in total. The van der Waals surface area contributed by atoms with E-state index in [1.807, 2.05) is 43.0 Å². The van der Waals surface area contributed by atoms with E-state index in [-0.39, 0.29) is 10.8 Å². The lowest BCUT2D eigenvalue weighted by molar-refractivity contribution is 0.252. The molecule has 2 N–H and O–H groups in total. The van der Waals surface area contributed by atoms with Gasteiger partial charge in [-0.25, -0.2) is 4.79 Å². The lowest BCUT2D eigenvalue weighted by Gasteiger charge is -2.18. The number of anilines is 1. The van der Waals surface area contributed by atoms with Crippen LogP contribution in [0, 0.1) is 6.92 Å². The first-order chi connectivity index (χ1) is 11.3. The molecule has 0 aliphatic rings. The normalized spacial score (nSPS) is 11.2. The zero-order valence-electron chi connectivity index (χ0n) is 14.8. The highest BCUT2D eigenvalue weighted by Gasteiger charge is 2.13. The van der Waals surface area contributed by atoms with E-state index in [4.69, 9.17) is 0 Å². The Morgan fingerprint density at radius 1 is 1.08 bits per heavy atom. The van der Waals surface area contributed by atoms with E-state index in [2.05, 4.69) is 55.7 Å². The van der Waals surface area contributed by atoms with E-state index in [1.165, 1.54) is 10.5 Å². The zero-order valence-corrected chi connectivity index (χ0v) is 15.7. The second-order valence-electron chi connectivity index (χ2n) is 6.81. The van der Waals surface area contributed by atoms with Gasteiger partial charge in [0.2, 0.25) is 0 Å². The fraction of sp³-hybridized carbons (Fsp3) is 0.350. The highest BCUT2D eigenvalue weighted by Crippen LogP contribution is 2.33. The molecule has 0 aliphatic heterocycles. The van der Waals surface area contributed by atoms with E-state index in [1.54, 1.807) is 0 Å². The van der Waals surface area contributed by atoms with Crippen LogP contribution < -0.4 is 10.6 Å². The third-order valence-electron chi connectivity index (χ3n) is 3.41. The van der Waals surface area contributed by atoms with Crippen LogP contribution in [0.3, 0.4) is 0 Å². The maximum absolute atomic E-state index is 12.0. The number of carbonyl (C=O) groups excluding carboxylic acids is 1. The maximum atomic E-state index is 12.0. The van der Waals surface area contributed by atoms with Gasteiger partial charge in [0.25, 0.3) is 0 Å². The summed E-state index contributed by atoms with van der Waals surface area (Å²) in [5, 5.41) is 5.83. The molecule has 0 radical (unpaired) electrons. The Bertz CT molecular complexity index is 678. The second-order valence-corrected chi connectivity index (χ2v) is 8.71. The third-order valence-corrected chi connectivity index (χ3v) is 4.51. The van der Waals surface area contributed by atoms with Crippen molar-refractivity contribution >= 4 is 23.5 Å². The molecular weight excluding hydrogens is 316 g/mol. The van der Waals surface area contributed by atoms with Crippen LogP contribution in [0.2, 0.25) is 0 Å². The number of hydrogen-bond acceptors (Lipinski definition) is 2. The fourth-order valence-electron chi connectivity index (χ4n) is 2.33. The van der Waals surface area contributed by atoms with Crippen LogP contribution >= 0.6 is 11.8 Å². The van der Waals surface area contributed by atoms with Crippen molar-refractivity contribution in [3.05, 3.63) is 59.7 Å². The van der Waals surface area contributed by atoms with E-state index < -0.39 is 0 Å². The smallest absolute Gasteiger partial charge is 0.319 e. The standard InChI is InChI=1S/C20H26N2OS/c1-15-14-17(24-20(2,3)4)10-11-18(15)22-19(23)21-13-12-16-8-6-5-7-9-16/h5-11,14H,12-13H2,1-4H3,(H2,21,22,23). The predicted octanol–water partition coefficient (Wildman–Crippen LogP) is 5.25. The summed E-state index contributed by atoms with van der Waals surface area (Å²) in [4.78, 5) is 13.3. The summed E-state index contributed by atoms with van der Waals surface area (Å²) in [7, 11) is 0. The number of amides is 2. The Labute approximate surface area is 149 Å². The minimum atomic E-state index is -0.162. The SMILES string of the molecule is Cc1cc(SC(C)(C)C)ccc1NC(=O)NCCc1ccccc1. The van der Waals surface area contributed by atoms with Crippen molar-refractivity contribution in [2.24, 2.45) is 0 Å². The number of carbonyl (C=O) groups is 1. The van der Waals surface area contributed by atoms with Crippen molar-refractivity contribution in [1.82, 2.24) is 5.32 Å². The van der Waals surface area contributed by atoms with Crippen molar-refractivity contribution in [2.75, 3.05) is 11.9 Å². The first-order valence-corrected chi connectivity index (χ1v) is 9.03. The van der Waals surface area contributed by atoms with E-state index in [9.17, 15) is 4.79 Å². The molecule has 0 fully saturated rings. The van der Waals surface area contributed by atoms with Gasteiger partial charge < -0.3 is 10.6 Å².